The number of carbonyl (C=O) groups is 1. The third-order valence-electron chi connectivity index (χ3n) is 6.41. The van der Waals surface area contributed by atoms with Crippen molar-refractivity contribution in [1.82, 2.24) is 9.97 Å². The summed E-state index contributed by atoms with van der Waals surface area (Å²) in [5, 5.41) is 0.575. The average Bonchev–Trinajstić information content (AvgIpc) is 2.73. The molecule has 2 bridgehead atoms. The van der Waals surface area contributed by atoms with Gasteiger partial charge in [0.05, 0.1) is 30.2 Å². The van der Waals surface area contributed by atoms with Crippen LogP contribution in [0.4, 0.5) is 0 Å². The highest BCUT2D eigenvalue weighted by Crippen LogP contribution is 2.58. The fraction of sp³-hybridized carbons (Fsp3) is 0.476. The highest BCUT2D eigenvalue weighted by atomic mass is 35.5. The maximum absolute atomic E-state index is 12.2. The Labute approximate surface area is 163 Å². The molecule has 3 aliphatic carbocycles. The molecule has 2 heterocycles. The number of hydrogen-bond donors (Lipinski definition) is 0. The Bertz CT molecular complexity index is 900. The summed E-state index contributed by atoms with van der Waals surface area (Å²) in [6.07, 6.45) is 11.7. The summed E-state index contributed by atoms with van der Waals surface area (Å²) < 4.78 is 10.3. The zero-order valence-electron chi connectivity index (χ0n) is 15.6. The van der Waals surface area contributed by atoms with E-state index in [1.807, 2.05) is 6.07 Å². The molecular weight excluding hydrogens is 364 g/mol. The first-order valence-corrected chi connectivity index (χ1v) is 9.66. The molecule has 2 aromatic rings. The predicted octanol–water partition coefficient (Wildman–Crippen LogP) is 4.82. The second-order valence-corrected chi connectivity index (χ2v) is 8.12. The summed E-state index contributed by atoms with van der Waals surface area (Å²) in [6, 6.07) is 3.68. The van der Waals surface area contributed by atoms with Crippen LogP contribution in [0, 0.1) is 10.8 Å². The zero-order chi connectivity index (χ0) is 19.1. The van der Waals surface area contributed by atoms with Gasteiger partial charge >= 0.3 is 5.97 Å². The molecule has 3 saturated carbocycles. The minimum absolute atomic E-state index is 0.0424. The van der Waals surface area contributed by atoms with Crippen molar-refractivity contribution in [3.63, 3.8) is 0 Å². The Balaban J connectivity index is 1.65. The molecule has 0 unspecified atom stereocenters. The van der Waals surface area contributed by atoms with E-state index in [1.54, 1.807) is 19.4 Å². The van der Waals surface area contributed by atoms with Crippen LogP contribution in [0.2, 0.25) is 5.02 Å². The molecule has 0 amide bonds. The highest BCUT2D eigenvalue weighted by Gasteiger charge is 2.52. The van der Waals surface area contributed by atoms with Crippen LogP contribution < -0.4 is 4.74 Å². The second kappa shape index (κ2) is 6.79. The molecule has 0 aliphatic heterocycles. The van der Waals surface area contributed by atoms with Gasteiger partial charge in [-0.05, 0) is 50.0 Å². The minimum atomic E-state index is -0.264. The molecule has 142 valence electrons. The van der Waals surface area contributed by atoms with Crippen molar-refractivity contribution in [2.24, 2.45) is 10.8 Å². The number of methoxy groups -OCH3 is 2. The standard InChI is InChI=1S/C21H23ClN2O3/c1-26-17-4-3-16-18(24-17)14(15(22)13-23-16)5-6-20-7-10-21(11-8-20,12-9-20)19(25)27-2/h3-6,13H,7-12H2,1-2H3/b6-5+. The van der Waals surface area contributed by atoms with Crippen LogP contribution in [-0.2, 0) is 9.53 Å². The van der Waals surface area contributed by atoms with Gasteiger partial charge in [0.15, 0.2) is 0 Å². The molecule has 3 fully saturated rings. The number of nitrogens with zero attached hydrogens (tertiary/aromatic N) is 2. The average molecular weight is 387 g/mol. The summed E-state index contributed by atoms with van der Waals surface area (Å²) >= 11 is 6.44. The second-order valence-electron chi connectivity index (χ2n) is 7.71. The fourth-order valence-electron chi connectivity index (χ4n) is 4.56. The molecule has 0 saturated heterocycles. The van der Waals surface area contributed by atoms with Crippen molar-refractivity contribution in [2.75, 3.05) is 14.2 Å². The van der Waals surface area contributed by atoms with Crippen LogP contribution in [0.25, 0.3) is 17.1 Å². The van der Waals surface area contributed by atoms with Crippen molar-refractivity contribution in [1.29, 1.82) is 0 Å². The van der Waals surface area contributed by atoms with Gasteiger partial charge in [0.2, 0.25) is 5.88 Å². The topological polar surface area (TPSA) is 61.3 Å². The quantitative estimate of drug-likeness (QED) is 0.705. The number of allylic oxidation sites excluding steroid dienone is 1. The third kappa shape index (κ3) is 3.08. The van der Waals surface area contributed by atoms with Gasteiger partial charge in [-0.2, -0.15) is 0 Å². The van der Waals surface area contributed by atoms with Gasteiger partial charge < -0.3 is 9.47 Å². The summed E-state index contributed by atoms with van der Waals surface area (Å²) in [4.78, 5) is 21.1. The lowest BCUT2D eigenvalue weighted by Gasteiger charge is -2.50. The SMILES string of the molecule is COC(=O)C12CCC(/C=C/c3c(Cl)cnc4ccc(OC)nc34)(CC1)CC2. The van der Waals surface area contributed by atoms with Crippen LogP contribution in [0.5, 0.6) is 5.88 Å². The molecule has 27 heavy (non-hydrogen) atoms. The van der Waals surface area contributed by atoms with Gasteiger partial charge in [-0.15, -0.1) is 0 Å². The smallest absolute Gasteiger partial charge is 0.311 e. The Morgan fingerprint density at radius 1 is 1.15 bits per heavy atom. The molecule has 5 rings (SSSR count). The van der Waals surface area contributed by atoms with E-state index in [0.717, 1.165) is 55.1 Å². The Morgan fingerprint density at radius 3 is 2.48 bits per heavy atom. The molecule has 0 atom stereocenters. The monoisotopic (exact) mass is 386 g/mol. The van der Waals surface area contributed by atoms with Gasteiger partial charge in [-0.3, -0.25) is 9.78 Å². The number of aromatic nitrogens is 2. The molecule has 0 N–H and O–H groups in total. The lowest BCUT2D eigenvalue weighted by Crippen LogP contribution is -2.45. The van der Waals surface area contributed by atoms with E-state index in [2.05, 4.69) is 22.1 Å². The van der Waals surface area contributed by atoms with Gasteiger partial charge in [-0.1, -0.05) is 23.8 Å². The summed E-state index contributed by atoms with van der Waals surface area (Å²) in [6.45, 7) is 0. The summed E-state index contributed by atoms with van der Waals surface area (Å²) in [5.41, 5.74) is 2.25. The fourth-order valence-corrected chi connectivity index (χ4v) is 4.77. The number of pyridine rings is 2. The van der Waals surface area contributed by atoms with Crippen LogP contribution in [0.1, 0.15) is 44.1 Å². The lowest BCUT2D eigenvalue weighted by molar-refractivity contribution is -0.161. The number of rotatable bonds is 4. The molecule has 3 aliphatic rings. The molecule has 0 aromatic carbocycles. The maximum Gasteiger partial charge on any atom is 0.311 e. The molecule has 2 aromatic heterocycles. The molecule has 6 heteroatoms. The first-order valence-electron chi connectivity index (χ1n) is 9.28. The van der Waals surface area contributed by atoms with Crippen molar-refractivity contribution in [3.05, 3.63) is 35.0 Å². The van der Waals surface area contributed by atoms with Crippen LogP contribution in [-0.4, -0.2) is 30.2 Å². The first kappa shape index (κ1) is 18.2. The number of esters is 1. The molecular formula is C21H23ClN2O3. The zero-order valence-corrected chi connectivity index (χ0v) is 16.4. The Hall–Kier alpha value is -2.14. The summed E-state index contributed by atoms with van der Waals surface area (Å²) in [5.74, 6) is 0.497. The Morgan fingerprint density at radius 2 is 1.85 bits per heavy atom. The molecule has 0 radical (unpaired) electrons. The van der Waals surface area contributed by atoms with Gasteiger partial charge in [0.1, 0.15) is 5.52 Å². The number of carbonyl (C=O) groups excluding carboxylic acids is 1. The van der Waals surface area contributed by atoms with E-state index in [4.69, 9.17) is 21.1 Å². The summed E-state index contributed by atoms with van der Waals surface area (Å²) in [7, 11) is 3.09. The highest BCUT2D eigenvalue weighted by molar-refractivity contribution is 6.32. The molecule has 5 nitrogen and oxygen atoms in total. The largest absolute Gasteiger partial charge is 0.481 e. The van der Waals surface area contributed by atoms with E-state index in [9.17, 15) is 4.79 Å². The maximum atomic E-state index is 12.2. The predicted molar refractivity (Wildman–Crippen MR) is 105 cm³/mol. The number of hydrogen-bond acceptors (Lipinski definition) is 5. The van der Waals surface area contributed by atoms with Crippen molar-refractivity contribution in [3.8, 4) is 5.88 Å². The van der Waals surface area contributed by atoms with Gasteiger partial charge in [0.25, 0.3) is 0 Å². The van der Waals surface area contributed by atoms with Crippen LogP contribution >= 0.6 is 11.6 Å². The van der Waals surface area contributed by atoms with Gasteiger partial charge in [0, 0.05) is 17.8 Å². The first-order chi connectivity index (χ1) is 13.0. The normalized spacial score (nSPS) is 27.2. The molecule has 0 spiro atoms. The minimum Gasteiger partial charge on any atom is -0.481 e. The van der Waals surface area contributed by atoms with Crippen molar-refractivity contribution < 1.29 is 14.3 Å². The lowest BCUT2D eigenvalue weighted by atomic mass is 9.53. The van der Waals surface area contributed by atoms with Crippen molar-refractivity contribution in [2.45, 2.75) is 38.5 Å². The van der Waals surface area contributed by atoms with E-state index in [0.29, 0.717) is 10.9 Å². The number of halogens is 1. The third-order valence-corrected chi connectivity index (χ3v) is 6.71. The number of ether oxygens (including phenoxy) is 2. The van der Waals surface area contributed by atoms with Crippen molar-refractivity contribution >= 4 is 34.7 Å². The van der Waals surface area contributed by atoms with E-state index >= 15 is 0 Å². The number of fused-ring (bicyclic) bond motifs is 4. The van der Waals surface area contributed by atoms with E-state index in [-0.39, 0.29) is 16.8 Å². The van der Waals surface area contributed by atoms with Crippen LogP contribution in [0.3, 0.4) is 0 Å². The van der Waals surface area contributed by atoms with Gasteiger partial charge in [-0.25, -0.2) is 4.98 Å². The Kier molecular flexibility index (Phi) is 4.58. The van der Waals surface area contributed by atoms with E-state index in [1.165, 1.54) is 7.11 Å². The van der Waals surface area contributed by atoms with E-state index < -0.39 is 0 Å². The van der Waals surface area contributed by atoms with Crippen LogP contribution in [0.15, 0.2) is 24.4 Å².